The number of nitrogens with one attached hydrogen (secondary N) is 1. The molecule has 1 atom stereocenters. The fourth-order valence-electron chi connectivity index (χ4n) is 6.26. The van der Waals surface area contributed by atoms with Crippen molar-refractivity contribution in [3.05, 3.63) is 65.2 Å². The number of carbonyl (C=O) groups is 3. The lowest BCUT2D eigenvalue weighted by Gasteiger charge is -2.37. The number of aromatic nitrogens is 3. The molecule has 1 aliphatic heterocycles. The zero-order valence-corrected chi connectivity index (χ0v) is 29.5. The summed E-state index contributed by atoms with van der Waals surface area (Å²) in [6.45, 7) is 20.6. The average Bonchev–Trinajstić information content (AvgIpc) is 3.36. The summed E-state index contributed by atoms with van der Waals surface area (Å²) in [5.74, 6) is 0.0747. The highest BCUT2D eigenvalue weighted by Gasteiger charge is 2.45. The number of likely N-dealkylation sites (tertiary alicyclic amines) is 1. The van der Waals surface area contributed by atoms with Crippen LogP contribution in [0.3, 0.4) is 0 Å². The first-order valence-electron chi connectivity index (χ1n) is 16.8. The molecule has 1 fully saturated rings. The molecule has 0 saturated carbocycles. The smallest absolute Gasteiger partial charge is 0.277 e. The summed E-state index contributed by atoms with van der Waals surface area (Å²) in [5, 5.41) is 7.66. The molecule has 1 aromatic carbocycles. The van der Waals surface area contributed by atoms with E-state index in [1.54, 1.807) is 15.8 Å². The van der Waals surface area contributed by atoms with Crippen molar-refractivity contribution in [2.75, 3.05) is 11.9 Å². The van der Waals surface area contributed by atoms with Gasteiger partial charge in [-0.05, 0) is 102 Å². The van der Waals surface area contributed by atoms with Crippen LogP contribution in [-0.2, 0) is 21.5 Å². The Kier molecular flexibility index (Phi) is 10.6. The van der Waals surface area contributed by atoms with E-state index in [2.05, 4.69) is 80.3 Å². The maximum atomic E-state index is 14.1. The Labute approximate surface area is 275 Å². The average molecular weight is 628 g/mol. The molecule has 3 heterocycles. The number of carbonyl (C=O) groups excluding carboxylic acids is 3. The van der Waals surface area contributed by atoms with Crippen LogP contribution >= 0.6 is 0 Å². The van der Waals surface area contributed by atoms with Crippen molar-refractivity contribution >= 4 is 23.3 Å². The summed E-state index contributed by atoms with van der Waals surface area (Å²) >= 11 is 0. The number of nitrogens with zero attached hydrogens (tertiary/aromatic N) is 4. The van der Waals surface area contributed by atoms with E-state index in [9.17, 15) is 14.4 Å². The van der Waals surface area contributed by atoms with Crippen molar-refractivity contribution in [3.63, 3.8) is 0 Å². The molecule has 0 bridgehead atoms. The molecule has 1 aliphatic rings. The Morgan fingerprint density at radius 2 is 1.80 bits per heavy atom. The summed E-state index contributed by atoms with van der Waals surface area (Å²) < 4.78 is 1.72. The summed E-state index contributed by atoms with van der Waals surface area (Å²) in [6, 6.07) is 10.6. The van der Waals surface area contributed by atoms with Crippen molar-refractivity contribution in [1.29, 1.82) is 0 Å². The van der Waals surface area contributed by atoms with Crippen molar-refractivity contribution < 1.29 is 14.4 Å². The largest absolute Gasteiger partial charge is 0.325 e. The van der Waals surface area contributed by atoms with E-state index < -0.39 is 11.1 Å². The minimum atomic E-state index is -0.977. The monoisotopic (exact) mass is 627 g/mol. The number of Topliss-reactive ketones (excluding diaryl/α,β-unsaturated/α-hetero) is 1. The third-order valence-electron chi connectivity index (χ3n) is 9.30. The van der Waals surface area contributed by atoms with Gasteiger partial charge in [0.25, 0.3) is 5.91 Å². The van der Waals surface area contributed by atoms with E-state index in [-0.39, 0.29) is 35.1 Å². The molecule has 0 radical (unpaired) electrons. The number of rotatable bonds is 9. The van der Waals surface area contributed by atoms with Crippen LogP contribution in [0.25, 0.3) is 11.1 Å². The molecule has 8 heteroatoms. The number of pyridine rings is 1. The summed E-state index contributed by atoms with van der Waals surface area (Å²) in [7, 11) is 0. The molecule has 2 aromatic heterocycles. The predicted octanol–water partition coefficient (Wildman–Crippen LogP) is 7.95. The van der Waals surface area contributed by atoms with E-state index in [4.69, 9.17) is 0 Å². The fourth-order valence-corrected chi connectivity index (χ4v) is 6.26. The quantitative estimate of drug-likeness (QED) is 0.260. The normalized spacial score (nSPS) is 17.0. The molecule has 0 aliphatic carbocycles. The second kappa shape index (κ2) is 13.9. The highest BCUT2D eigenvalue weighted by Crippen LogP contribution is 2.34. The minimum absolute atomic E-state index is 0.0808. The molecule has 1 N–H and O–H groups in total. The van der Waals surface area contributed by atoms with Gasteiger partial charge in [-0.25, -0.2) is 0 Å². The lowest BCUT2D eigenvalue weighted by molar-refractivity contribution is -0.132. The molecule has 46 heavy (non-hydrogen) atoms. The maximum Gasteiger partial charge on any atom is 0.277 e. The number of aryl methyl sites for hydroxylation is 2. The number of amides is 2. The van der Waals surface area contributed by atoms with Gasteiger partial charge >= 0.3 is 0 Å². The van der Waals surface area contributed by atoms with Crippen LogP contribution in [0.15, 0.2) is 42.7 Å². The third kappa shape index (κ3) is 7.76. The van der Waals surface area contributed by atoms with Crippen molar-refractivity contribution in [2.45, 2.75) is 118 Å². The van der Waals surface area contributed by atoms with Crippen molar-refractivity contribution in [3.8, 4) is 11.1 Å². The number of hydrogen-bond donors (Lipinski definition) is 1. The topological polar surface area (TPSA) is 97.2 Å². The third-order valence-corrected chi connectivity index (χ3v) is 9.30. The maximum absolute atomic E-state index is 14.1. The van der Waals surface area contributed by atoms with Gasteiger partial charge in [-0.3, -0.25) is 24.0 Å². The van der Waals surface area contributed by atoms with Gasteiger partial charge in [-0.2, -0.15) is 5.10 Å². The van der Waals surface area contributed by atoms with Gasteiger partial charge in [0.15, 0.2) is 11.5 Å². The number of benzene rings is 1. The Bertz CT molecular complexity index is 1560. The standard InChI is InChI=1S/C38H53N5O3/c1-24(2)29-14-12-20-42(38(9,10)35(29)45)36(46)34-32(23-43(41-34)37(6,7)8)40-33(44)15-11-13-27-17-16-26(5)30(21-27)28-18-19-31(25(3)4)39-22-28/h16-19,21-25,29H,11-15,20H2,1-10H3,(H,40,44). The van der Waals surface area contributed by atoms with Gasteiger partial charge in [-0.1, -0.05) is 52.0 Å². The Hall–Kier alpha value is -3.81. The van der Waals surface area contributed by atoms with Crippen LogP contribution in [0.2, 0.25) is 0 Å². The zero-order valence-electron chi connectivity index (χ0n) is 29.5. The Morgan fingerprint density at radius 3 is 2.41 bits per heavy atom. The molecule has 4 rings (SSSR count). The van der Waals surface area contributed by atoms with Crippen LogP contribution in [0, 0.1) is 18.8 Å². The number of ketones is 1. The molecular formula is C38H53N5O3. The summed E-state index contributed by atoms with van der Waals surface area (Å²) in [6.07, 6.45) is 6.87. The molecule has 248 valence electrons. The van der Waals surface area contributed by atoms with Crippen LogP contribution in [0.5, 0.6) is 0 Å². The van der Waals surface area contributed by atoms with E-state index in [0.717, 1.165) is 41.6 Å². The zero-order chi connectivity index (χ0) is 34.0. The molecule has 1 unspecified atom stereocenters. The van der Waals surface area contributed by atoms with Crippen LogP contribution in [0.4, 0.5) is 5.69 Å². The fraction of sp³-hybridized carbons (Fsp3) is 0.553. The first-order chi connectivity index (χ1) is 21.5. The predicted molar refractivity (Wildman–Crippen MR) is 185 cm³/mol. The number of anilines is 1. The van der Waals surface area contributed by atoms with E-state index in [0.29, 0.717) is 31.0 Å². The van der Waals surface area contributed by atoms with Gasteiger partial charge in [0, 0.05) is 42.5 Å². The lowest BCUT2D eigenvalue weighted by atomic mass is 9.80. The second-order valence-corrected chi connectivity index (χ2v) is 15.1. The van der Waals surface area contributed by atoms with Gasteiger partial charge < -0.3 is 10.2 Å². The number of hydrogen-bond acceptors (Lipinski definition) is 5. The van der Waals surface area contributed by atoms with Gasteiger partial charge in [0.1, 0.15) is 0 Å². The molecular weight excluding hydrogens is 574 g/mol. The Balaban J connectivity index is 1.48. The lowest BCUT2D eigenvalue weighted by Crippen LogP contribution is -2.54. The molecule has 8 nitrogen and oxygen atoms in total. The molecule has 1 saturated heterocycles. The SMILES string of the molecule is Cc1ccc(CCCC(=O)Nc2cn(C(C)(C)C)nc2C(=O)N2CCCC(C(C)C)C(=O)C2(C)C)cc1-c1ccc(C(C)C)nc1. The van der Waals surface area contributed by atoms with Crippen molar-refractivity contribution in [2.24, 2.45) is 11.8 Å². The minimum Gasteiger partial charge on any atom is -0.325 e. The highest BCUT2D eigenvalue weighted by molar-refractivity contribution is 6.05. The van der Waals surface area contributed by atoms with E-state index >= 15 is 0 Å². The van der Waals surface area contributed by atoms with Gasteiger partial charge in [-0.15, -0.1) is 0 Å². The van der Waals surface area contributed by atoms with Crippen LogP contribution < -0.4 is 5.32 Å². The second-order valence-electron chi connectivity index (χ2n) is 15.1. The summed E-state index contributed by atoms with van der Waals surface area (Å²) in [4.78, 5) is 47.2. The molecule has 0 spiro atoms. The van der Waals surface area contributed by atoms with Gasteiger partial charge in [0.05, 0.1) is 16.8 Å². The Morgan fingerprint density at radius 1 is 1.09 bits per heavy atom. The van der Waals surface area contributed by atoms with Crippen LogP contribution in [-0.4, -0.2) is 49.3 Å². The van der Waals surface area contributed by atoms with E-state index in [1.165, 1.54) is 5.56 Å². The first-order valence-corrected chi connectivity index (χ1v) is 16.8. The first kappa shape index (κ1) is 35.1. The molecule has 2 amide bonds. The summed E-state index contributed by atoms with van der Waals surface area (Å²) in [5.41, 5.74) is 4.83. The molecule has 3 aromatic rings. The van der Waals surface area contributed by atoms with Crippen molar-refractivity contribution in [1.82, 2.24) is 19.7 Å². The van der Waals surface area contributed by atoms with Crippen LogP contribution in [0.1, 0.15) is 121 Å². The van der Waals surface area contributed by atoms with Gasteiger partial charge in [0.2, 0.25) is 5.91 Å². The highest BCUT2D eigenvalue weighted by atomic mass is 16.2. The van der Waals surface area contributed by atoms with E-state index in [1.807, 2.05) is 40.8 Å².